The average Bonchev–Trinajstić information content (AvgIpc) is 3.18. The van der Waals surface area contributed by atoms with E-state index >= 15 is 0 Å². The second-order valence-corrected chi connectivity index (χ2v) is 7.59. The van der Waals surface area contributed by atoms with E-state index in [0.29, 0.717) is 30.1 Å². The Kier molecular flexibility index (Phi) is 4.96. The fourth-order valence-electron chi connectivity index (χ4n) is 3.24. The minimum atomic E-state index is -0.0267. The summed E-state index contributed by atoms with van der Waals surface area (Å²) in [4.78, 5) is 16.7. The SMILES string of the molecule is C=CCN(Cc1ccc(C#N)cc1)C(=O)c1cc2c(s1)-c1ccccc1OC2. The van der Waals surface area contributed by atoms with E-state index in [0.717, 1.165) is 27.3 Å². The molecule has 0 saturated carbocycles. The molecule has 1 aliphatic rings. The van der Waals surface area contributed by atoms with Gasteiger partial charge in [0.05, 0.1) is 16.5 Å². The summed E-state index contributed by atoms with van der Waals surface area (Å²) in [6.45, 7) is 5.18. The molecule has 0 N–H and O–H groups in total. The first-order chi connectivity index (χ1) is 13.7. The van der Waals surface area contributed by atoms with Crippen LogP contribution in [0.15, 0.2) is 67.3 Å². The number of hydrogen-bond acceptors (Lipinski definition) is 4. The summed E-state index contributed by atoms with van der Waals surface area (Å²) in [6, 6.07) is 19.3. The van der Waals surface area contributed by atoms with E-state index in [2.05, 4.69) is 12.6 Å². The predicted molar refractivity (Wildman–Crippen MR) is 110 cm³/mol. The number of para-hydroxylation sites is 1. The van der Waals surface area contributed by atoms with Gasteiger partial charge in [-0.1, -0.05) is 30.3 Å². The van der Waals surface area contributed by atoms with E-state index in [1.165, 1.54) is 11.3 Å². The maximum absolute atomic E-state index is 13.2. The van der Waals surface area contributed by atoms with Gasteiger partial charge in [-0.25, -0.2) is 0 Å². The molecule has 0 aliphatic carbocycles. The predicted octanol–water partition coefficient (Wildman–Crippen LogP) is 5.01. The number of nitriles is 1. The highest BCUT2D eigenvalue weighted by molar-refractivity contribution is 7.17. The van der Waals surface area contributed by atoms with E-state index in [9.17, 15) is 4.79 Å². The van der Waals surface area contributed by atoms with Gasteiger partial charge in [0.1, 0.15) is 12.4 Å². The van der Waals surface area contributed by atoms with Crippen molar-refractivity contribution in [3.05, 3.63) is 88.8 Å². The summed E-state index contributed by atoms with van der Waals surface area (Å²) in [7, 11) is 0. The monoisotopic (exact) mass is 386 g/mol. The fourth-order valence-corrected chi connectivity index (χ4v) is 4.41. The van der Waals surface area contributed by atoms with Gasteiger partial charge in [-0.3, -0.25) is 4.79 Å². The largest absolute Gasteiger partial charge is 0.488 e. The van der Waals surface area contributed by atoms with Crippen molar-refractivity contribution in [2.75, 3.05) is 6.54 Å². The first-order valence-electron chi connectivity index (χ1n) is 8.93. The molecule has 4 rings (SSSR count). The van der Waals surface area contributed by atoms with Gasteiger partial charge in [-0.2, -0.15) is 5.26 Å². The van der Waals surface area contributed by atoms with Gasteiger partial charge in [0.15, 0.2) is 0 Å². The van der Waals surface area contributed by atoms with Crippen LogP contribution in [0.4, 0.5) is 0 Å². The molecule has 0 atom stereocenters. The average molecular weight is 386 g/mol. The van der Waals surface area contributed by atoms with Crippen LogP contribution >= 0.6 is 11.3 Å². The number of carbonyl (C=O) groups is 1. The summed E-state index contributed by atoms with van der Waals surface area (Å²) in [5, 5.41) is 8.94. The number of benzene rings is 2. The number of ether oxygens (including phenoxy) is 1. The molecule has 0 radical (unpaired) electrons. The summed E-state index contributed by atoms with van der Waals surface area (Å²) >= 11 is 1.51. The molecule has 0 bridgehead atoms. The topological polar surface area (TPSA) is 53.3 Å². The third kappa shape index (κ3) is 3.42. The van der Waals surface area contributed by atoms with Crippen molar-refractivity contribution in [2.45, 2.75) is 13.2 Å². The van der Waals surface area contributed by atoms with Crippen molar-refractivity contribution in [1.29, 1.82) is 5.26 Å². The standard InChI is InChI=1S/C23H18N2O2S/c1-2-11-25(14-17-9-7-16(13-24)8-10-17)23(26)21-12-18-15-27-20-6-4-3-5-19(20)22(18)28-21/h2-10,12H,1,11,14-15H2. The highest BCUT2D eigenvalue weighted by Crippen LogP contribution is 2.42. The van der Waals surface area contributed by atoms with E-state index in [-0.39, 0.29) is 5.91 Å². The molecule has 138 valence electrons. The number of hydrogen-bond donors (Lipinski definition) is 0. The van der Waals surface area contributed by atoms with Crippen LogP contribution in [0.25, 0.3) is 10.4 Å². The molecule has 1 amide bonds. The maximum atomic E-state index is 13.2. The molecule has 1 aromatic heterocycles. The molecule has 2 aromatic carbocycles. The van der Waals surface area contributed by atoms with Gasteiger partial charge in [-0.15, -0.1) is 17.9 Å². The molecule has 4 nitrogen and oxygen atoms in total. The Morgan fingerprint density at radius 3 is 2.79 bits per heavy atom. The molecule has 2 heterocycles. The number of nitrogens with zero attached hydrogens (tertiary/aromatic N) is 2. The zero-order chi connectivity index (χ0) is 19.5. The van der Waals surface area contributed by atoms with Crippen molar-refractivity contribution in [3.8, 4) is 22.3 Å². The molecular formula is C23H18N2O2S. The molecule has 5 heteroatoms. The lowest BCUT2D eigenvalue weighted by atomic mass is 10.1. The molecule has 1 aliphatic heterocycles. The first-order valence-corrected chi connectivity index (χ1v) is 9.75. The molecule has 0 saturated heterocycles. The van der Waals surface area contributed by atoms with Gasteiger partial charge >= 0.3 is 0 Å². The van der Waals surface area contributed by atoms with E-state index in [1.807, 2.05) is 42.5 Å². The van der Waals surface area contributed by atoms with E-state index in [4.69, 9.17) is 10.00 Å². The first kappa shape index (κ1) is 18.0. The van der Waals surface area contributed by atoms with Crippen LogP contribution in [-0.4, -0.2) is 17.4 Å². The van der Waals surface area contributed by atoms with E-state index in [1.54, 1.807) is 23.1 Å². The van der Waals surface area contributed by atoms with Gasteiger partial charge in [0.25, 0.3) is 5.91 Å². The Morgan fingerprint density at radius 1 is 1.25 bits per heavy atom. The number of rotatable bonds is 5. The van der Waals surface area contributed by atoms with E-state index < -0.39 is 0 Å². The molecule has 0 spiro atoms. The van der Waals surface area contributed by atoms with Gasteiger partial charge < -0.3 is 9.64 Å². The van der Waals surface area contributed by atoms with Crippen LogP contribution in [-0.2, 0) is 13.2 Å². The van der Waals surface area contributed by atoms with Crippen molar-refractivity contribution in [3.63, 3.8) is 0 Å². The zero-order valence-electron chi connectivity index (χ0n) is 15.2. The van der Waals surface area contributed by atoms with Crippen LogP contribution in [0.1, 0.15) is 26.4 Å². The highest BCUT2D eigenvalue weighted by Gasteiger charge is 2.24. The molecular weight excluding hydrogens is 368 g/mol. The molecule has 3 aromatic rings. The smallest absolute Gasteiger partial charge is 0.264 e. The third-order valence-corrected chi connectivity index (χ3v) is 5.83. The zero-order valence-corrected chi connectivity index (χ0v) is 16.0. The number of amides is 1. The maximum Gasteiger partial charge on any atom is 0.264 e. The van der Waals surface area contributed by atoms with Crippen LogP contribution in [0, 0.1) is 11.3 Å². The normalized spacial score (nSPS) is 11.5. The lowest BCUT2D eigenvalue weighted by Gasteiger charge is -2.20. The number of thiophene rings is 1. The number of carbonyl (C=O) groups excluding carboxylic acids is 1. The Balaban J connectivity index is 1.61. The van der Waals surface area contributed by atoms with Crippen molar-refractivity contribution >= 4 is 17.2 Å². The highest BCUT2D eigenvalue weighted by atomic mass is 32.1. The Morgan fingerprint density at radius 2 is 2.04 bits per heavy atom. The molecule has 0 unspecified atom stereocenters. The van der Waals surface area contributed by atoms with Gasteiger partial charge in [-0.05, 0) is 35.9 Å². The Bertz CT molecular complexity index is 1080. The van der Waals surface area contributed by atoms with Gasteiger partial charge in [0, 0.05) is 29.1 Å². The second kappa shape index (κ2) is 7.71. The summed E-state index contributed by atoms with van der Waals surface area (Å²) < 4.78 is 5.81. The number of fused-ring (bicyclic) bond motifs is 3. The summed E-state index contributed by atoms with van der Waals surface area (Å²) in [5.74, 6) is 0.831. The lowest BCUT2D eigenvalue weighted by Crippen LogP contribution is -2.30. The minimum Gasteiger partial charge on any atom is -0.488 e. The third-order valence-electron chi connectivity index (χ3n) is 4.63. The second-order valence-electron chi connectivity index (χ2n) is 6.53. The Hall–Kier alpha value is -3.36. The molecule has 0 fully saturated rings. The van der Waals surface area contributed by atoms with Gasteiger partial charge in [0.2, 0.25) is 0 Å². The molecule has 28 heavy (non-hydrogen) atoms. The lowest BCUT2D eigenvalue weighted by molar-refractivity contribution is 0.0767. The van der Waals surface area contributed by atoms with Crippen LogP contribution < -0.4 is 4.74 Å². The van der Waals surface area contributed by atoms with Crippen molar-refractivity contribution in [2.24, 2.45) is 0 Å². The van der Waals surface area contributed by atoms with Crippen LogP contribution in [0.3, 0.4) is 0 Å². The van der Waals surface area contributed by atoms with Crippen LogP contribution in [0.5, 0.6) is 5.75 Å². The van der Waals surface area contributed by atoms with Crippen molar-refractivity contribution < 1.29 is 9.53 Å². The fraction of sp³-hybridized carbons (Fsp3) is 0.130. The quantitative estimate of drug-likeness (QED) is 0.579. The summed E-state index contributed by atoms with van der Waals surface area (Å²) in [6.07, 6.45) is 1.73. The Labute approximate surface area is 167 Å². The minimum absolute atomic E-state index is 0.0267. The summed E-state index contributed by atoms with van der Waals surface area (Å²) in [5.41, 5.74) is 3.67. The van der Waals surface area contributed by atoms with Crippen molar-refractivity contribution in [1.82, 2.24) is 4.90 Å². The van der Waals surface area contributed by atoms with Crippen LogP contribution in [0.2, 0.25) is 0 Å².